The summed E-state index contributed by atoms with van der Waals surface area (Å²) in [6.45, 7) is 7.44. The maximum atomic E-state index is 9.75. The van der Waals surface area contributed by atoms with E-state index >= 15 is 0 Å². The van der Waals surface area contributed by atoms with Gasteiger partial charge in [0.05, 0.1) is 26.4 Å². The molecule has 0 amide bonds. The predicted molar refractivity (Wildman–Crippen MR) is 138 cm³/mol. The van der Waals surface area contributed by atoms with Crippen molar-refractivity contribution in [2.24, 2.45) is 5.92 Å². The zero-order chi connectivity index (χ0) is 24.5. The van der Waals surface area contributed by atoms with Crippen LogP contribution in [0.1, 0.15) is 37.0 Å². The van der Waals surface area contributed by atoms with E-state index < -0.39 is 0 Å². The summed E-state index contributed by atoms with van der Waals surface area (Å²) in [5.74, 6) is 2.43. The fourth-order valence-corrected chi connectivity index (χ4v) is 4.11. The van der Waals surface area contributed by atoms with Gasteiger partial charge in [-0.3, -0.25) is 0 Å². The first-order valence-corrected chi connectivity index (χ1v) is 11.9. The summed E-state index contributed by atoms with van der Waals surface area (Å²) in [7, 11) is 3.29. The number of hydrogen-bond donors (Lipinski definition) is 2. The quantitative estimate of drug-likeness (QED) is 0.358. The molecule has 3 rings (SSSR count). The van der Waals surface area contributed by atoms with E-state index in [1.807, 2.05) is 18.2 Å². The lowest BCUT2D eigenvalue weighted by Crippen LogP contribution is -2.37. The lowest BCUT2D eigenvalue weighted by molar-refractivity contribution is 0.200. The molecule has 0 fully saturated rings. The van der Waals surface area contributed by atoms with Gasteiger partial charge < -0.3 is 24.6 Å². The second-order valence-corrected chi connectivity index (χ2v) is 8.61. The summed E-state index contributed by atoms with van der Waals surface area (Å²) in [5.41, 5.74) is 5.64. The molecule has 2 N–H and O–H groups in total. The lowest BCUT2D eigenvalue weighted by atomic mass is 9.97. The van der Waals surface area contributed by atoms with Crippen LogP contribution in [0.3, 0.4) is 0 Å². The molecule has 5 heteroatoms. The third kappa shape index (κ3) is 6.10. The van der Waals surface area contributed by atoms with Crippen molar-refractivity contribution in [2.75, 3.05) is 20.8 Å². The van der Waals surface area contributed by atoms with E-state index in [-0.39, 0.29) is 12.6 Å². The van der Waals surface area contributed by atoms with E-state index in [0.717, 1.165) is 17.5 Å². The molecule has 5 nitrogen and oxygen atoms in total. The first-order chi connectivity index (χ1) is 16.5. The molecular weight excluding hydrogens is 426 g/mol. The largest absolute Gasteiger partial charge is 0.496 e. The Bertz CT molecular complexity index is 1030. The average Bonchev–Trinajstić information content (AvgIpc) is 2.88. The topological polar surface area (TPSA) is 60.0 Å². The Balaban J connectivity index is 1.79. The minimum absolute atomic E-state index is 0.00945. The van der Waals surface area contributed by atoms with Gasteiger partial charge in [-0.2, -0.15) is 0 Å². The van der Waals surface area contributed by atoms with Gasteiger partial charge in [0.25, 0.3) is 0 Å². The van der Waals surface area contributed by atoms with Crippen molar-refractivity contribution in [3.8, 4) is 28.4 Å². The maximum absolute atomic E-state index is 9.75. The van der Waals surface area contributed by atoms with E-state index in [9.17, 15) is 5.11 Å². The SMILES string of the molecule is CC[C@H](C)[C@@H](CO)NCc1c(OC)cc(OCc2cccc(-c3ccccc3)c2C)cc1OC. The van der Waals surface area contributed by atoms with E-state index in [1.165, 1.54) is 16.7 Å². The Morgan fingerprint density at radius 1 is 0.941 bits per heavy atom. The Labute approximate surface area is 203 Å². The molecule has 0 radical (unpaired) electrons. The van der Waals surface area contributed by atoms with Crippen molar-refractivity contribution >= 4 is 0 Å². The molecule has 0 saturated heterocycles. The highest BCUT2D eigenvalue weighted by molar-refractivity contribution is 5.68. The molecule has 2 atom stereocenters. The van der Waals surface area contributed by atoms with Gasteiger partial charge in [0, 0.05) is 24.7 Å². The highest BCUT2D eigenvalue weighted by Crippen LogP contribution is 2.35. The first kappa shape index (κ1) is 25.6. The van der Waals surface area contributed by atoms with Crippen LogP contribution in [-0.4, -0.2) is 32.0 Å². The maximum Gasteiger partial charge on any atom is 0.130 e. The number of nitrogens with one attached hydrogen (secondary N) is 1. The van der Waals surface area contributed by atoms with Crippen LogP contribution in [0, 0.1) is 12.8 Å². The average molecular weight is 464 g/mol. The van der Waals surface area contributed by atoms with Crippen molar-refractivity contribution in [1.82, 2.24) is 5.32 Å². The van der Waals surface area contributed by atoms with Crippen molar-refractivity contribution < 1.29 is 19.3 Å². The second kappa shape index (κ2) is 12.4. The zero-order valence-corrected chi connectivity index (χ0v) is 20.9. The number of ether oxygens (including phenoxy) is 3. The minimum atomic E-state index is 0.00945. The van der Waals surface area contributed by atoms with Gasteiger partial charge in [-0.15, -0.1) is 0 Å². The molecule has 0 spiro atoms. The Hall–Kier alpha value is -3.02. The molecule has 0 aliphatic heterocycles. The normalized spacial score (nSPS) is 12.8. The fourth-order valence-electron chi connectivity index (χ4n) is 4.11. The molecule has 34 heavy (non-hydrogen) atoms. The number of benzene rings is 3. The van der Waals surface area contributed by atoms with Crippen molar-refractivity contribution in [3.05, 3.63) is 77.4 Å². The predicted octanol–water partition coefficient (Wildman–Crippen LogP) is 5.75. The number of aliphatic hydroxyl groups excluding tert-OH is 1. The number of aliphatic hydroxyl groups is 1. The summed E-state index contributed by atoms with van der Waals surface area (Å²) in [6, 6.07) is 20.5. The summed E-state index contributed by atoms with van der Waals surface area (Å²) in [5, 5.41) is 13.2. The van der Waals surface area contributed by atoms with E-state index in [1.54, 1.807) is 14.2 Å². The molecule has 3 aromatic rings. The van der Waals surface area contributed by atoms with Gasteiger partial charge in [0.15, 0.2) is 0 Å². The molecule has 0 heterocycles. The minimum Gasteiger partial charge on any atom is -0.496 e. The van der Waals surface area contributed by atoms with E-state index in [0.29, 0.717) is 36.3 Å². The lowest BCUT2D eigenvalue weighted by Gasteiger charge is -2.24. The van der Waals surface area contributed by atoms with Crippen LogP contribution in [0.2, 0.25) is 0 Å². The molecular formula is C29H37NO4. The van der Waals surface area contributed by atoms with Crippen LogP contribution in [0.5, 0.6) is 17.2 Å². The summed E-state index contributed by atoms with van der Waals surface area (Å²) in [4.78, 5) is 0. The van der Waals surface area contributed by atoms with Crippen LogP contribution in [0.25, 0.3) is 11.1 Å². The standard InChI is InChI=1S/C29H37NO4/c1-6-20(2)27(18-31)30-17-26-28(32-4)15-24(16-29(26)33-5)34-19-23-13-10-14-25(21(23)3)22-11-8-7-9-12-22/h7-16,20,27,30-31H,6,17-19H2,1-5H3/t20-,27+/m0/s1. The third-order valence-corrected chi connectivity index (χ3v) is 6.58. The van der Waals surface area contributed by atoms with Crippen molar-refractivity contribution in [1.29, 1.82) is 0 Å². The molecule has 0 aromatic heterocycles. The smallest absolute Gasteiger partial charge is 0.130 e. The second-order valence-electron chi connectivity index (χ2n) is 8.61. The van der Waals surface area contributed by atoms with Gasteiger partial charge >= 0.3 is 0 Å². The number of hydrogen-bond acceptors (Lipinski definition) is 5. The van der Waals surface area contributed by atoms with Crippen LogP contribution < -0.4 is 19.5 Å². The van der Waals surface area contributed by atoms with Gasteiger partial charge in [-0.05, 0) is 35.1 Å². The molecule has 0 bridgehead atoms. The monoisotopic (exact) mass is 463 g/mol. The highest BCUT2D eigenvalue weighted by atomic mass is 16.5. The fraction of sp³-hybridized carbons (Fsp3) is 0.379. The van der Waals surface area contributed by atoms with Gasteiger partial charge in [-0.1, -0.05) is 68.8 Å². The number of rotatable bonds is 12. The van der Waals surface area contributed by atoms with Gasteiger partial charge in [0.1, 0.15) is 23.9 Å². The molecule has 0 aliphatic carbocycles. The van der Waals surface area contributed by atoms with Gasteiger partial charge in [0.2, 0.25) is 0 Å². The Morgan fingerprint density at radius 2 is 1.62 bits per heavy atom. The molecule has 0 unspecified atom stereocenters. The van der Waals surface area contributed by atoms with Gasteiger partial charge in [-0.25, -0.2) is 0 Å². The first-order valence-electron chi connectivity index (χ1n) is 11.9. The summed E-state index contributed by atoms with van der Waals surface area (Å²) >= 11 is 0. The van der Waals surface area contributed by atoms with E-state index in [4.69, 9.17) is 14.2 Å². The molecule has 3 aromatic carbocycles. The van der Waals surface area contributed by atoms with Crippen molar-refractivity contribution in [3.63, 3.8) is 0 Å². The molecule has 0 saturated carbocycles. The van der Waals surface area contributed by atoms with Crippen molar-refractivity contribution in [2.45, 2.75) is 46.4 Å². The third-order valence-electron chi connectivity index (χ3n) is 6.58. The Kier molecular flexibility index (Phi) is 9.37. The van der Waals surface area contributed by atoms with E-state index in [2.05, 4.69) is 68.6 Å². The number of methoxy groups -OCH3 is 2. The van der Waals surface area contributed by atoms with Crippen LogP contribution in [0.4, 0.5) is 0 Å². The highest BCUT2D eigenvalue weighted by Gasteiger charge is 2.18. The van der Waals surface area contributed by atoms with Crippen LogP contribution >= 0.6 is 0 Å². The Morgan fingerprint density at radius 3 is 2.21 bits per heavy atom. The molecule has 0 aliphatic rings. The summed E-state index contributed by atoms with van der Waals surface area (Å²) < 4.78 is 17.5. The van der Waals surface area contributed by atoms with Crippen LogP contribution in [0.15, 0.2) is 60.7 Å². The molecule has 182 valence electrons. The zero-order valence-electron chi connectivity index (χ0n) is 20.9. The summed E-state index contributed by atoms with van der Waals surface area (Å²) in [6.07, 6.45) is 0.990. The van der Waals surface area contributed by atoms with Crippen LogP contribution in [-0.2, 0) is 13.2 Å².